The van der Waals surface area contributed by atoms with E-state index >= 15 is 0 Å². The maximum Gasteiger partial charge on any atom is 0.151 e. The standard InChI is InChI=1S/C20H26N4O/c1-14-15(2)22-20(21)18-19(14)24(16(3)23-18)11-13-25-12-7-10-17-8-5-4-6-9-17/h4-6,8-9H,7,10-13H2,1-3H3,(H2,21,22). The second-order valence-electron chi connectivity index (χ2n) is 6.42. The van der Waals surface area contributed by atoms with Crippen molar-refractivity contribution < 1.29 is 4.74 Å². The van der Waals surface area contributed by atoms with Gasteiger partial charge >= 0.3 is 0 Å². The second kappa shape index (κ2) is 7.66. The van der Waals surface area contributed by atoms with Gasteiger partial charge in [-0.3, -0.25) is 0 Å². The average Bonchev–Trinajstić information content (AvgIpc) is 2.94. The first kappa shape index (κ1) is 17.4. The van der Waals surface area contributed by atoms with Gasteiger partial charge in [0.15, 0.2) is 5.82 Å². The van der Waals surface area contributed by atoms with Crippen molar-refractivity contribution in [3.63, 3.8) is 0 Å². The number of aryl methyl sites for hydroxylation is 4. The molecule has 5 heteroatoms. The number of rotatable bonds is 7. The van der Waals surface area contributed by atoms with Crippen molar-refractivity contribution in [2.24, 2.45) is 0 Å². The Bertz CT molecular complexity index is 855. The maximum absolute atomic E-state index is 6.04. The Balaban J connectivity index is 1.57. The molecule has 3 rings (SSSR count). The molecule has 0 saturated heterocycles. The molecular weight excluding hydrogens is 312 g/mol. The summed E-state index contributed by atoms with van der Waals surface area (Å²) < 4.78 is 8.02. The van der Waals surface area contributed by atoms with Gasteiger partial charge < -0.3 is 15.0 Å². The number of nitrogen functional groups attached to an aromatic ring is 1. The van der Waals surface area contributed by atoms with Gasteiger partial charge in [0.1, 0.15) is 11.3 Å². The van der Waals surface area contributed by atoms with Crippen molar-refractivity contribution >= 4 is 16.9 Å². The van der Waals surface area contributed by atoms with Crippen LogP contribution in [0.2, 0.25) is 0 Å². The number of aromatic nitrogens is 3. The van der Waals surface area contributed by atoms with E-state index in [4.69, 9.17) is 10.5 Å². The lowest BCUT2D eigenvalue weighted by Crippen LogP contribution is -2.10. The number of hydrogen-bond acceptors (Lipinski definition) is 4. The van der Waals surface area contributed by atoms with Crippen LogP contribution in [-0.4, -0.2) is 27.7 Å². The maximum atomic E-state index is 6.04. The summed E-state index contributed by atoms with van der Waals surface area (Å²) >= 11 is 0. The summed E-state index contributed by atoms with van der Waals surface area (Å²) in [5.41, 5.74) is 11.4. The Morgan fingerprint density at radius 3 is 2.56 bits per heavy atom. The number of ether oxygens (including phenoxy) is 1. The fourth-order valence-corrected chi connectivity index (χ4v) is 3.17. The first-order valence-electron chi connectivity index (χ1n) is 8.79. The molecule has 0 amide bonds. The summed E-state index contributed by atoms with van der Waals surface area (Å²) in [4.78, 5) is 8.97. The molecule has 0 aliphatic heterocycles. The Morgan fingerprint density at radius 2 is 1.80 bits per heavy atom. The number of benzene rings is 1. The van der Waals surface area contributed by atoms with E-state index in [-0.39, 0.29) is 0 Å². The Hall–Kier alpha value is -2.40. The highest BCUT2D eigenvalue weighted by Crippen LogP contribution is 2.25. The van der Waals surface area contributed by atoms with Gasteiger partial charge in [0.25, 0.3) is 0 Å². The molecule has 0 radical (unpaired) electrons. The normalized spacial score (nSPS) is 11.3. The Morgan fingerprint density at radius 1 is 1.04 bits per heavy atom. The minimum atomic E-state index is 0.503. The van der Waals surface area contributed by atoms with Crippen LogP contribution in [0.15, 0.2) is 30.3 Å². The summed E-state index contributed by atoms with van der Waals surface area (Å²) in [6.45, 7) is 8.27. The van der Waals surface area contributed by atoms with Gasteiger partial charge in [-0.1, -0.05) is 30.3 Å². The van der Waals surface area contributed by atoms with E-state index in [0.29, 0.717) is 12.4 Å². The van der Waals surface area contributed by atoms with Gasteiger partial charge in [-0.05, 0) is 44.7 Å². The zero-order chi connectivity index (χ0) is 17.8. The summed E-state index contributed by atoms with van der Waals surface area (Å²) in [5.74, 6) is 1.45. The molecule has 25 heavy (non-hydrogen) atoms. The molecule has 0 spiro atoms. The molecule has 5 nitrogen and oxygen atoms in total. The molecule has 0 aliphatic carbocycles. The third-order valence-corrected chi connectivity index (χ3v) is 4.64. The second-order valence-corrected chi connectivity index (χ2v) is 6.42. The average molecular weight is 338 g/mol. The summed E-state index contributed by atoms with van der Waals surface area (Å²) in [6.07, 6.45) is 2.08. The van der Waals surface area contributed by atoms with Crippen LogP contribution in [0.5, 0.6) is 0 Å². The van der Waals surface area contributed by atoms with Crippen LogP contribution in [0.25, 0.3) is 11.0 Å². The first-order valence-corrected chi connectivity index (χ1v) is 8.79. The highest BCUT2D eigenvalue weighted by atomic mass is 16.5. The van der Waals surface area contributed by atoms with Gasteiger partial charge in [-0.25, -0.2) is 9.97 Å². The van der Waals surface area contributed by atoms with Crippen molar-refractivity contribution in [2.75, 3.05) is 18.9 Å². The number of nitrogens with two attached hydrogens (primary N) is 1. The minimum Gasteiger partial charge on any atom is -0.382 e. The number of imidazole rings is 1. The van der Waals surface area contributed by atoms with E-state index in [1.165, 1.54) is 5.56 Å². The van der Waals surface area contributed by atoms with Crippen molar-refractivity contribution in [1.29, 1.82) is 0 Å². The molecule has 2 heterocycles. The van der Waals surface area contributed by atoms with Crippen LogP contribution >= 0.6 is 0 Å². The van der Waals surface area contributed by atoms with Gasteiger partial charge in [-0.15, -0.1) is 0 Å². The summed E-state index contributed by atoms with van der Waals surface area (Å²) in [6, 6.07) is 10.5. The summed E-state index contributed by atoms with van der Waals surface area (Å²) in [7, 11) is 0. The Labute approximate surface area is 148 Å². The molecule has 0 saturated carbocycles. The van der Waals surface area contributed by atoms with E-state index in [1.54, 1.807) is 0 Å². The largest absolute Gasteiger partial charge is 0.382 e. The smallest absolute Gasteiger partial charge is 0.151 e. The quantitative estimate of drug-likeness (QED) is 0.669. The predicted molar refractivity (Wildman–Crippen MR) is 102 cm³/mol. The minimum absolute atomic E-state index is 0.503. The van der Waals surface area contributed by atoms with Crippen LogP contribution in [0.1, 0.15) is 29.1 Å². The molecular formula is C20H26N4O. The van der Waals surface area contributed by atoms with Gasteiger partial charge in [0.2, 0.25) is 0 Å². The van der Waals surface area contributed by atoms with Crippen molar-refractivity contribution in [2.45, 2.75) is 40.2 Å². The topological polar surface area (TPSA) is 66.0 Å². The highest BCUT2D eigenvalue weighted by molar-refractivity contribution is 5.88. The van der Waals surface area contributed by atoms with E-state index in [2.05, 4.69) is 45.7 Å². The zero-order valence-electron chi connectivity index (χ0n) is 15.2. The molecule has 0 bridgehead atoms. The lowest BCUT2D eigenvalue weighted by atomic mass is 10.1. The van der Waals surface area contributed by atoms with Gasteiger partial charge in [0.05, 0.1) is 12.1 Å². The predicted octanol–water partition coefficient (Wildman–Crippen LogP) is 3.59. The number of anilines is 1. The fraction of sp³-hybridized carbons (Fsp3) is 0.400. The van der Waals surface area contributed by atoms with Gasteiger partial charge in [0, 0.05) is 18.8 Å². The van der Waals surface area contributed by atoms with E-state index in [1.807, 2.05) is 19.9 Å². The van der Waals surface area contributed by atoms with E-state index in [9.17, 15) is 0 Å². The summed E-state index contributed by atoms with van der Waals surface area (Å²) in [5, 5.41) is 0. The van der Waals surface area contributed by atoms with Crippen LogP contribution in [0.4, 0.5) is 5.82 Å². The molecule has 1 aromatic carbocycles. The lowest BCUT2D eigenvalue weighted by molar-refractivity contribution is 0.124. The third-order valence-electron chi connectivity index (χ3n) is 4.64. The molecule has 0 unspecified atom stereocenters. The van der Waals surface area contributed by atoms with Crippen molar-refractivity contribution in [3.8, 4) is 0 Å². The SMILES string of the molecule is Cc1nc(N)c2nc(C)n(CCOCCCc3ccccc3)c2c1C. The van der Waals surface area contributed by atoms with Crippen LogP contribution in [0.3, 0.4) is 0 Å². The Kier molecular flexibility index (Phi) is 5.34. The fourth-order valence-electron chi connectivity index (χ4n) is 3.17. The highest BCUT2D eigenvalue weighted by Gasteiger charge is 2.15. The molecule has 2 aromatic heterocycles. The monoisotopic (exact) mass is 338 g/mol. The number of pyridine rings is 1. The van der Waals surface area contributed by atoms with Crippen LogP contribution in [-0.2, 0) is 17.7 Å². The van der Waals surface area contributed by atoms with Gasteiger partial charge in [-0.2, -0.15) is 0 Å². The zero-order valence-corrected chi connectivity index (χ0v) is 15.2. The molecule has 132 valence electrons. The number of fused-ring (bicyclic) bond motifs is 1. The lowest BCUT2D eigenvalue weighted by Gasteiger charge is -2.11. The molecule has 0 atom stereocenters. The van der Waals surface area contributed by atoms with Crippen LogP contribution < -0.4 is 5.73 Å². The van der Waals surface area contributed by atoms with Crippen molar-refractivity contribution in [1.82, 2.24) is 14.5 Å². The van der Waals surface area contributed by atoms with Crippen LogP contribution in [0, 0.1) is 20.8 Å². The molecule has 3 aromatic rings. The molecule has 0 fully saturated rings. The third kappa shape index (κ3) is 3.82. The first-order chi connectivity index (χ1) is 12.1. The van der Waals surface area contributed by atoms with E-state index < -0.39 is 0 Å². The number of nitrogens with zero attached hydrogens (tertiary/aromatic N) is 3. The van der Waals surface area contributed by atoms with Crippen molar-refractivity contribution in [3.05, 3.63) is 53.0 Å². The van der Waals surface area contributed by atoms with E-state index in [0.717, 1.165) is 54.1 Å². The number of hydrogen-bond donors (Lipinski definition) is 1. The molecule has 0 aliphatic rings. The molecule has 2 N–H and O–H groups in total.